The molecule has 0 aliphatic carbocycles. The lowest BCUT2D eigenvalue weighted by atomic mass is 10.0. The van der Waals surface area contributed by atoms with Gasteiger partial charge in [0.15, 0.2) is 0 Å². The van der Waals surface area contributed by atoms with Crippen LogP contribution in [-0.2, 0) is 13.1 Å². The zero-order chi connectivity index (χ0) is 21.4. The van der Waals surface area contributed by atoms with Crippen LogP contribution in [0, 0.1) is 0 Å². The van der Waals surface area contributed by atoms with E-state index in [1.807, 2.05) is 54.6 Å². The van der Waals surface area contributed by atoms with Gasteiger partial charge in [-0.1, -0.05) is 41.9 Å². The maximum atomic E-state index is 13.3. The van der Waals surface area contributed by atoms with Crippen molar-refractivity contribution in [1.82, 2.24) is 4.90 Å². The molecule has 0 radical (unpaired) electrons. The van der Waals surface area contributed by atoms with Crippen LogP contribution in [0.15, 0.2) is 76.1 Å². The third kappa shape index (κ3) is 3.67. The largest absolute Gasteiger partial charge is 0.496 e. The quantitative estimate of drug-likeness (QED) is 0.427. The van der Waals surface area contributed by atoms with E-state index in [1.54, 1.807) is 13.2 Å². The van der Waals surface area contributed by atoms with Gasteiger partial charge in [-0.3, -0.25) is 9.69 Å². The van der Waals surface area contributed by atoms with Gasteiger partial charge in [-0.15, -0.1) is 0 Å². The first-order valence-electron chi connectivity index (χ1n) is 9.94. The Morgan fingerprint density at radius 3 is 2.65 bits per heavy atom. The summed E-state index contributed by atoms with van der Waals surface area (Å²) < 4.78 is 17.4. The number of nitrogens with zero attached hydrogens (tertiary/aromatic N) is 1. The molecule has 0 atom stereocenters. The van der Waals surface area contributed by atoms with E-state index in [0.29, 0.717) is 52.7 Å². The van der Waals surface area contributed by atoms with Gasteiger partial charge in [0.25, 0.3) is 0 Å². The topological polar surface area (TPSA) is 51.9 Å². The van der Waals surface area contributed by atoms with Gasteiger partial charge in [0.1, 0.15) is 30.1 Å². The molecule has 4 aromatic rings. The lowest BCUT2D eigenvalue weighted by Crippen LogP contribution is -2.31. The van der Waals surface area contributed by atoms with Crippen molar-refractivity contribution >= 4 is 22.6 Å². The van der Waals surface area contributed by atoms with Gasteiger partial charge in [0.2, 0.25) is 5.43 Å². The highest BCUT2D eigenvalue weighted by Gasteiger charge is 2.23. The second-order valence-electron chi connectivity index (χ2n) is 7.48. The van der Waals surface area contributed by atoms with Crippen LogP contribution in [0.3, 0.4) is 0 Å². The number of hydrogen-bond donors (Lipinski definition) is 0. The molecule has 1 aromatic heterocycles. The molecule has 1 aliphatic rings. The number of ether oxygens (including phenoxy) is 2. The van der Waals surface area contributed by atoms with E-state index in [9.17, 15) is 4.79 Å². The first-order valence-corrected chi connectivity index (χ1v) is 10.3. The highest BCUT2D eigenvalue weighted by molar-refractivity contribution is 6.30. The third-order valence-electron chi connectivity index (χ3n) is 5.50. The number of fused-ring (bicyclic) bond motifs is 3. The van der Waals surface area contributed by atoms with Crippen molar-refractivity contribution in [3.05, 3.63) is 93.3 Å². The number of para-hydroxylation sites is 1. The minimum absolute atomic E-state index is 0.0941. The number of hydrogen-bond acceptors (Lipinski definition) is 5. The van der Waals surface area contributed by atoms with Crippen LogP contribution < -0.4 is 14.9 Å². The van der Waals surface area contributed by atoms with E-state index in [1.165, 1.54) is 6.26 Å². The Labute approximate surface area is 184 Å². The fourth-order valence-electron chi connectivity index (χ4n) is 3.96. The summed E-state index contributed by atoms with van der Waals surface area (Å²) in [5.74, 6) is 1.37. The molecule has 0 N–H and O–H groups in total. The molecule has 156 valence electrons. The van der Waals surface area contributed by atoms with Crippen LogP contribution >= 0.6 is 11.6 Å². The second-order valence-corrected chi connectivity index (χ2v) is 7.92. The van der Waals surface area contributed by atoms with Crippen LogP contribution in [0.25, 0.3) is 22.1 Å². The monoisotopic (exact) mass is 433 g/mol. The van der Waals surface area contributed by atoms with Crippen LogP contribution in [0.5, 0.6) is 11.5 Å². The Bertz CT molecular complexity index is 1310. The van der Waals surface area contributed by atoms with Crippen molar-refractivity contribution in [2.75, 3.05) is 13.8 Å². The van der Waals surface area contributed by atoms with Crippen LogP contribution in [-0.4, -0.2) is 18.7 Å². The van der Waals surface area contributed by atoms with Crippen LogP contribution in [0.4, 0.5) is 0 Å². The normalized spacial score (nSPS) is 13.6. The highest BCUT2D eigenvalue weighted by Crippen LogP contribution is 2.34. The lowest BCUT2D eigenvalue weighted by molar-refractivity contribution is 0.0890. The van der Waals surface area contributed by atoms with Gasteiger partial charge in [0, 0.05) is 23.7 Å². The molecule has 6 heteroatoms. The first-order chi connectivity index (χ1) is 15.1. The predicted molar refractivity (Wildman–Crippen MR) is 121 cm³/mol. The van der Waals surface area contributed by atoms with Crippen molar-refractivity contribution in [2.24, 2.45) is 0 Å². The fraction of sp³-hybridized carbons (Fsp3) is 0.160. The molecule has 2 heterocycles. The molecule has 0 saturated carbocycles. The van der Waals surface area contributed by atoms with Gasteiger partial charge in [-0.25, -0.2) is 0 Å². The molecule has 31 heavy (non-hydrogen) atoms. The van der Waals surface area contributed by atoms with Crippen molar-refractivity contribution in [1.29, 1.82) is 0 Å². The van der Waals surface area contributed by atoms with Gasteiger partial charge in [-0.05, 0) is 35.9 Å². The molecule has 0 fully saturated rings. The van der Waals surface area contributed by atoms with E-state index >= 15 is 0 Å². The standard InChI is InChI=1S/C25H20ClNO4/c1-29-22-5-3-2-4-18(22)21-14-30-25-19(24(21)28)10-11-23-20(25)13-27(15-31-23)12-16-6-8-17(26)9-7-16/h2-11,14H,12-13,15H2,1H3. The summed E-state index contributed by atoms with van der Waals surface area (Å²) in [7, 11) is 1.59. The van der Waals surface area contributed by atoms with E-state index in [2.05, 4.69) is 4.90 Å². The van der Waals surface area contributed by atoms with Gasteiger partial charge in [-0.2, -0.15) is 0 Å². The Morgan fingerprint density at radius 1 is 1.03 bits per heavy atom. The average molecular weight is 434 g/mol. The zero-order valence-corrected chi connectivity index (χ0v) is 17.7. The van der Waals surface area contributed by atoms with Gasteiger partial charge in [0.05, 0.1) is 23.6 Å². The van der Waals surface area contributed by atoms with Gasteiger partial charge >= 0.3 is 0 Å². The summed E-state index contributed by atoms with van der Waals surface area (Å²) in [6.07, 6.45) is 1.51. The van der Waals surface area contributed by atoms with E-state index < -0.39 is 0 Å². The van der Waals surface area contributed by atoms with Crippen LogP contribution in [0.1, 0.15) is 11.1 Å². The minimum atomic E-state index is -0.0941. The summed E-state index contributed by atoms with van der Waals surface area (Å²) in [5.41, 5.74) is 3.65. The SMILES string of the molecule is COc1ccccc1-c1coc2c3c(ccc2c1=O)OCN(Cc1ccc(Cl)cc1)C3. The molecular weight excluding hydrogens is 414 g/mol. The third-order valence-corrected chi connectivity index (χ3v) is 5.75. The summed E-state index contributed by atoms with van der Waals surface area (Å²) in [4.78, 5) is 15.5. The molecule has 0 unspecified atom stereocenters. The number of methoxy groups -OCH3 is 1. The Morgan fingerprint density at radius 2 is 1.84 bits per heavy atom. The van der Waals surface area contributed by atoms with Crippen molar-refractivity contribution in [2.45, 2.75) is 13.1 Å². The summed E-state index contributed by atoms with van der Waals surface area (Å²) in [5, 5.41) is 1.24. The van der Waals surface area contributed by atoms with Crippen molar-refractivity contribution in [3.63, 3.8) is 0 Å². The van der Waals surface area contributed by atoms with E-state index in [0.717, 1.165) is 16.9 Å². The maximum Gasteiger partial charge on any atom is 0.200 e. The van der Waals surface area contributed by atoms with E-state index in [4.69, 9.17) is 25.5 Å². The van der Waals surface area contributed by atoms with Crippen molar-refractivity contribution in [3.8, 4) is 22.6 Å². The summed E-state index contributed by atoms with van der Waals surface area (Å²) in [6, 6.07) is 18.8. The Hall–Kier alpha value is -3.28. The molecule has 5 nitrogen and oxygen atoms in total. The highest BCUT2D eigenvalue weighted by atomic mass is 35.5. The maximum absolute atomic E-state index is 13.3. The Balaban J connectivity index is 1.53. The molecule has 1 aliphatic heterocycles. The second kappa shape index (κ2) is 8.10. The molecule has 0 saturated heterocycles. The molecule has 5 rings (SSSR count). The number of halogens is 1. The smallest absolute Gasteiger partial charge is 0.200 e. The van der Waals surface area contributed by atoms with Crippen molar-refractivity contribution < 1.29 is 13.9 Å². The average Bonchev–Trinajstić information content (AvgIpc) is 2.81. The lowest BCUT2D eigenvalue weighted by Gasteiger charge is -2.29. The first kappa shape index (κ1) is 19.7. The molecule has 3 aromatic carbocycles. The molecule has 0 amide bonds. The molecule has 0 spiro atoms. The molecule has 0 bridgehead atoms. The zero-order valence-electron chi connectivity index (χ0n) is 16.9. The predicted octanol–water partition coefficient (Wildman–Crippen LogP) is 5.47. The minimum Gasteiger partial charge on any atom is -0.496 e. The number of benzene rings is 3. The number of rotatable bonds is 4. The Kier molecular flexibility index (Phi) is 5.14. The molecular formula is C25H20ClNO4. The summed E-state index contributed by atoms with van der Waals surface area (Å²) >= 11 is 5.99. The van der Waals surface area contributed by atoms with Crippen LogP contribution in [0.2, 0.25) is 5.02 Å². The fourth-order valence-corrected chi connectivity index (χ4v) is 4.08. The van der Waals surface area contributed by atoms with E-state index in [-0.39, 0.29) is 5.43 Å². The summed E-state index contributed by atoms with van der Waals surface area (Å²) in [6.45, 7) is 1.79. The van der Waals surface area contributed by atoms with Gasteiger partial charge < -0.3 is 13.9 Å².